The number of nitrogens with one attached hydrogen (secondary N) is 2. The Morgan fingerprint density at radius 1 is 1.23 bits per heavy atom. The normalized spacial score (nSPS) is 12.4. The summed E-state index contributed by atoms with van der Waals surface area (Å²) in [7, 11) is -6.95. The summed E-state index contributed by atoms with van der Waals surface area (Å²) in [6.45, 7) is 1.78. The zero-order chi connectivity index (χ0) is 16.2. The maximum absolute atomic E-state index is 12.1. The molecule has 0 saturated heterocycles. The molecule has 0 amide bonds. The average molecular weight is 365 g/mol. The Balaban J connectivity index is 1.99. The Labute approximate surface area is 132 Å². The first-order chi connectivity index (χ1) is 10.3. The van der Waals surface area contributed by atoms with Crippen molar-refractivity contribution in [3.05, 3.63) is 29.3 Å². The zero-order valence-electron chi connectivity index (χ0n) is 11.6. The minimum absolute atomic E-state index is 0.0126. The molecule has 0 bridgehead atoms. The molecule has 0 atom stereocenters. The third-order valence-electron chi connectivity index (χ3n) is 2.65. The standard InChI is InChI=1S/C11H15N3O5S3/c1-2-21(15,16)12-7-5-9-3-4-11(20-9)22(17,18)14-10-6-8-19-13-10/h3-4,6,8,12H,2,5,7H2,1H3,(H,13,14). The van der Waals surface area contributed by atoms with Crippen molar-refractivity contribution in [2.75, 3.05) is 17.0 Å². The lowest BCUT2D eigenvalue weighted by atomic mass is 10.3. The fourth-order valence-electron chi connectivity index (χ4n) is 1.52. The molecule has 122 valence electrons. The third-order valence-corrected chi connectivity index (χ3v) is 7.05. The molecule has 11 heteroatoms. The molecule has 8 nitrogen and oxygen atoms in total. The van der Waals surface area contributed by atoms with Crippen LogP contribution in [0.3, 0.4) is 0 Å². The van der Waals surface area contributed by atoms with Crippen LogP contribution in [0.2, 0.25) is 0 Å². The van der Waals surface area contributed by atoms with E-state index in [4.69, 9.17) is 0 Å². The number of thiophene rings is 1. The lowest BCUT2D eigenvalue weighted by molar-refractivity contribution is 0.423. The summed E-state index contributed by atoms with van der Waals surface area (Å²) < 4.78 is 56.2. The van der Waals surface area contributed by atoms with Gasteiger partial charge < -0.3 is 4.52 Å². The first-order valence-corrected chi connectivity index (χ1v) is 10.3. The van der Waals surface area contributed by atoms with Crippen molar-refractivity contribution in [2.24, 2.45) is 0 Å². The molecule has 0 spiro atoms. The van der Waals surface area contributed by atoms with Crippen molar-refractivity contribution in [2.45, 2.75) is 17.6 Å². The highest BCUT2D eigenvalue weighted by Crippen LogP contribution is 2.23. The van der Waals surface area contributed by atoms with Gasteiger partial charge in [-0.1, -0.05) is 5.16 Å². The van der Waals surface area contributed by atoms with E-state index in [1.807, 2.05) is 0 Å². The van der Waals surface area contributed by atoms with Crippen molar-refractivity contribution in [1.29, 1.82) is 0 Å². The van der Waals surface area contributed by atoms with E-state index in [2.05, 4.69) is 19.1 Å². The predicted molar refractivity (Wildman–Crippen MR) is 82.8 cm³/mol. The fourth-order valence-corrected chi connectivity index (χ4v) is 4.49. The highest BCUT2D eigenvalue weighted by Gasteiger charge is 2.18. The van der Waals surface area contributed by atoms with E-state index in [-0.39, 0.29) is 22.3 Å². The highest BCUT2D eigenvalue weighted by molar-refractivity contribution is 7.94. The number of nitrogens with zero attached hydrogens (tertiary/aromatic N) is 1. The summed E-state index contributed by atoms with van der Waals surface area (Å²) >= 11 is 1.08. The lowest BCUT2D eigenvalue weighted by Gasteiger charge is -2.03. The van der Waals surface area contributed by atoms with Crippen molar-refractivity contribution in [3.63, 3.8) is 0 Å². The molecular formula is C11H15N3O5S3. The molecule has 0 fully saturated rings. The number of hydrogen-bond donors (Lipinski definition) is 2. The number of hydrogen-bond acceptors (Lipinski definition) is 7. The second-order valence-electron chi connectivity index (χ2n) is 4.26. The summed E-state index contributed by atoms with van der Waals surface area (Å²) in [6, 6.07) is 4.52. The Morgan fingerprint density at radius 2 is 2.00 bits per heavy atom. The summed E-state index contributed by atoms with van der Waals surface area (Å²) in [6.07, 6.45) is 1.68. The van der Waals surface area contributed by atoms with Crippen LogP contribution >= 0.6 is 11.3 Å². The summed E-state index contributed by atoms with van der Waals surface area (Å²) in [5, 5.41) is 3.48. The van der Waals surface area contributed by atoms with Gasteiger partial charge >= 0.3 is 0 Å². The van der Waals surface area contributed by atoms with Gasteiger partial charge in [0.15, 0.2) is 5.82 Å². The Hall–Kier alpha value is -1.43. The summed E-state index contributed by atoms with van der Waals surface area (Å²) in [5.74, 6) is 0.115. The third kappa shape index (κ3) is 4.53. The summed E-state index contributed by atoms with van der Waals surface area (Å²) in [5.41, 5.74) is 0. The van der Waals surface area contributed by atoms with Gasteiger partial charge in [-0.25, -0.2) is 21.6 Å². The van der Waals surface area contributed by atoms with Crippen LogP contribution in [0.1, 0.15) is 11.8 Å². The van der Waals surface area contributed by atoms with Crippen LogP contribution in [0.4, 0.5) is 5.82 Å². The first-order valence-electron chi connectivity index (χ1n) is 6.31. The van der Waals surface area contributed by atoms with E-state index in [1.54, 1.807) is 13.0 Å². The van der Waals surface area contributed by atoms with Gasteiger partial charge in [-0.05, 0) is 25.5 Å². The number of rotatable bonds is 8. The van der Waals surface area contributed by atoms with Gasteiger partial charge in [0.2, 0.25) is 10.0 Å². The van der Waals surface area contributed by atoms with E-state index in [9.17, 15) is 16.8 Å². The molecule has 2 aromatic rings. The molecule has 0 radical (unpaired) electrons. The van der Waals surface area contributed by atoms with Gasteiger partial charge in [-0.2, -0.15) is 0 Å². The van der Waals surface area contributed by atoms with Crippen molar-refractivity contribution < 1.29 is 21.4 Å². The van der Waals surface area contributed by atoms with Crippen LogP contribution in [-0.2, 0) is 26.5 Å². The summed E-state index contributed by atoms with van der Waals surface area (Å²) in [4.78, 5) is 0.763. The molecule has 0 aromatic carbocycles. The molecular weight excluding hydrogens is 350 g/mol. The second-order valence-corrected chi connectivity index (χ2v) is 9.43. The molecule has 22 heavy (non-hydrogen) atoms. The van der Waals surface area contributed by atoms with E-state index < -0.39 is 20.0 Å². The highest BCUT2D eigenvalue weighted by atomic mass is 32.2. The molecule has 0 unspecified atom stereocenters. The van der Waals surface area contributed by atoms with Gasteiger partial charge in [0.1, 0.15) is 10.5 Å². The zero-order valence-corrected chi connectivity index (χ0v) is 14.1. The van der Waals surface area contributed by atoms with Crippen LogP contribution in [-0.4, -0.2) is 34.3 Å². The number of aromatic nitrogens is 1. The molecule has 0 saturated carbocycles. The van der Waals surface area contributed by atoms with Gasteiger partial charge in [-0.15, -0.1) is 11.3 Å². The molecule has 0 aliphatic rings. The van der Waals surface area contributed by atoms with Crippen LogP contribution in [0.25, 0.3) is 0 Å². The van der Waals surface area contributed by atoms with Gasteiger partial charge in [0.05, 0.1) is 5.75 Å². The van der Waals surface area contributed by atoms with Crippen molar-refractivity contribution >= 4 is 37.2 Å². The monoisotopic (exact) mass is 365 g/mol. The maximum Gasteiger partial charge on any atom is 0.272 e. The SMILES string of the molecule is CCS(=O)(=O)NCCc1ccc(S(=O)(=O)Nc2ccon2)s1. The minimum Gasteiger partial charge on any atom is -0.363 e. The number of sulfonamides is 2. The van der Waals surface area contributed by atoms with Crippen LogP contribution < -0.4 is 9.44 Å². The average Bonchev–Trinajstić information content (AvgIpc) is 3.10. The molecule has 0 aliphatic carbocycles. The van der Waals surface area contributed by atoms with E-state index >= 15 is 0 Å². The van der Waals surface area contributed by atoms with Crippen LogP contribution in [0.15, 0.2) is 33.2 Å². The van der Waals surface area contributed by atoms with Crippen molar-refractivity contribution in [1.82, 2.24) is 9.88 Å². The van der Waals surface area contributed by atoms with E-state index in [0.717, 1.165) is 16.2 Å². The molecule has 0 aliphatic heterocycles. The second kappa shape index (κ2) is 6.77. The topological polar surface area (TPSA) is 118 Å². The van der Waals surface area contributed by atoms with E-state index in [0.29, 0.717) is 6.42 Å². The largest absolute Gasteiger partial charge is 0.363 e. The molecule has 2 rings (SSSR count). The van der Waals surface area contributed by atoms with Crippen LogP contribution in [0.5, 0.6) is 0 Å². The quantitative estimate of drug-likeness (QED) is 0.721. The predicted octanol–water partition coefficient (Wildman–Crippen LogP) is 1.02. The van der Waals surface area contributed by atoms with Crippen LogP contribution in [0, 0.1) is 0 Å². The Bertz CT molecular complexity index is 809. The van der Waals surface area contributed by atoms with Gasteiger partial charge in [-0.3, -0.25) is 4.72 Å². The fraction of sp³-hybridized carbons (Fsp3) is 0.364. The van der Waals surface area contributed by atoms with E-state index in [1.165, 1.54) is 18.4 Å². The molecule has 2 aromatic heterocycles. The molecule has 2 heterocycles. The van der Waals surface area contributed by atoms with Gasteiger partial charge in [0.25, 0.3) is 10.0 Å². The Morgan fingerprint density at radius 3 is 2.64 bits per heavy atom. The number of anilines is 1. The Kier molecular flexibility index (Phi) is 5.21. The smallest absolute Gasteiger partial charge is 0.272 e. The minimum atomic E-state index is -3.71. The first kappa shape index (κ1) is 16.9. The van der Waals surface area contributed by atoms with Gasteiger partial charge in [0, 0.05) is 17.5 Å². The lowest BCUT2D eigenvalue weighted by Crippen LogP contribution is -2.27. The maximum atomic E-state index is 12.1. The van der Waals surface area contributed by atoms with Crippen molar-refractivity contribution in [3.8, 4) is 0 Å². The molecule has 2 N–H and O–H groups in total.